The van der Waals surface area contributed by atoms with Gasteiger partial charge in [0.25, 0.3) is 0 Å². The number of hydrogen-bond donors (Lipinski definition) is 1. The maximum Gasteiger partial charge on any atom is 0.119 e. The van der Waals surface area contributed by atoms with Gasteiger partial charge in [0.2, 0.25) is 0 Å². The van der Waals surface area contributed by atoms with Crippen LogP contribution in [0.2, 0.25) is 5.02 Å². The van der Waals surface area contributed by atoms with E-state index in [2.05, 4.69) is 12.2 Å². The minimum Gasteiger partial charge on any atom is -0.492 e. The summed E-state index contributed by atoms with van der Waals surface area (Å²) in [6.07, 6.45) is 0. The Bertz CT molecular complexity index is 484. The normalized spacial score (nSPS) is 12.1. The van der Waals surface area contributed by atoms with E-state index >= 15 is 0 Å². The zero-order chi connectivity index (χ0) is 13.5. The van der Waals surface area contributed by atoms with Crippen molar-refractivity contribution in [3.63, 3.8) is 0 Å². The van der Waals surface area contributed by atoms with Gasteiger partial charge in [0.1, 0.15) is 12.4 Å². The Hall–Kier alpha value is -1.51. The van der Waals surface area contributed by atoms with Crippen LogP contribution in [0, 0.1) is 0 Å². The van der Waals surface area contributed by atoms with Crippen LogP contribution in [0.15, 0.2) is 54.6 Å². The lowest BCUT2D eigenvalue weighted by atomic mass is 10.1. The van der Waals surface area contributed by atoms with Crippen LogP contribution in [0.1, 0.15) is 18.5 Å². The topological polar surface area (TPSA) is 21.3 Å². The lowest BCUT2D eigenvalue weighted by molar-refractivity contribution is 0.307. The first kappa shape index (κ1) is 13.9. The van der Waals surface area contributed by atoms with E-state index in [-0.39, 0.29) is 6.04 Å². The van der Waals surface area contributed by atoms with Crippen LogP contribution in [0.3, 0.4) is 0 Å². The first-order valence-corrected chi connectivity index (χ1v) is 6.80. The van der Waals surface area contributed by atoms with Gasteiger partial charge >= 0.3 is 0 Å². The molecule has 19 heavy (non-hydrogen) atoms. The number of ether oxygens (including phenoxy) is 1. The Balaban J connectivity index is 1.72. The zero-order valence-corrected chi connectivity index (χ0v) is 11.7. The first-order valence-electron chi connectivity index (χ1n) is 6.42. The zero-order valence-electron chi connectivity index (χ0n) is 11.0. The lowest BCUT2D eigenvalue weighted by Gasteiger charge is -2.14. The van der Waals surface area contributed by atoms with Crippen molar-refractivity contribution in [1.29, 1.82) is 0 Å². The molecule has 2 aromatic rings. The van der Waals surface area contributed by atoms with Crippen molar-refractivity contribution in [2.45, 2.75) is 13.0 Å². The second-order valence-corrected chi connectivity index (χ2v) is 4.83. The Kier molecular flexibility index (Phi) is 5.25. The molecule has 0 heterocycles. The maximum atomic E-state index is 5.87. The molecular formula is C16H18ClNO. The van der Waals surface area contributed by atoms with E-state index in [9.17, 15) is 0 Å². The highest BCUT2D eigenvalue weighted by molar-refractivity contribution is 6.30. The minimum absolute atomic E-state index is 0.289. The second kappa shape index (κ2) is 7.17. The van der Waals surface area contributed by atoms with E-state index in [1.165, 1.54) is 5.56 Å². The van der Waals surface area contributed by atoms with Crippen LogP contribution in [-0.4, -0.2) is 13.2 Å². The summed E-state index contributed by atoms with van der Waals surface area (Å²) >= 11 is 5.87. The Morgan fingerprint density at radius 2 is 1.74 bits per heavy atom. The van der Waals surface area contributed by atoms with Crippen molar-refractivity contribution in [2.24, 2.45) is 0 Å². The molecule has 0 aliphatic heterocycles. The van der Waals surface area contributed by atoms with E-state index in [1.807, 2.05) is 54.6 Å². The Morgan fingerprint density at radius 1 is 1.05 bits per heavy atom. The maximum absolute atomic E-state index is 5.87. The molecule has 1 atom stereocenters. The van der Waals surface area contributed by atoms with Crippen LogP contribution >= 0.6 is 11.6 Å². The van der Waals surface area contributed by atoms with Gasteiger partial charge in [-0.15, -0.1) is 0 Å². The van der Waals surface area contributed by atoms with Gasteiger partial charge in [0, 0.05) is 17.6 Å². The van der Waals surface area contributed by atoms with E-state index in [0.717, 1.165) is 17.3 Å². The molecule has 0 unspecified atom stereocenters. The minimum atomic E-state index is 0.289. The van der Waals surface area contributed by atoms with Crippen LogP contribution in [0.5, 0.6) is 5.75 Å². The highest BCUT2D eigenvalue weighted by atomic mass is 35.5. The van der Waals surface area contributed by atoms with Crippen molar-refractivity contribution in [1.82, 2.24) is 5.32 Å². The first-order chi connectivity index (χ1) is 9.25. The summed E-state index contributed by atoms with van der Waals surface area (Å²) in [6.45, 7) is 3.59. The van der Waals surface area contributed by atoms with Gasteiger partial charge in [-0.1, -0.05) is 41.9 Å². The van der Waals surface area contributed by atoms with Crippen molar-refractivity contribution in [3.05, 3.63) is 65.2 Å². The fourth-order valence-corrected chi connectivity index (χ4v) is 1.96. The van der Waals surface area contributed by atoms with Gasteiger partial charge in [-0.2, -0.15) is 0 Å². The van der Waals surface area contributed by atoms with Gasteiger partial charge in [-0.05, 0) is 36.8 Å². The van der Waals surface area contributed by atoms with Crippen LogP contribution < -0.4 is 10.1 Å². The van der Waals surface area contributed by atoms with E-state index in [0.29, 0.717) is 6.61 Å². The fraction of sp³-hybridized carbons (Fsp3) is 0.250. The summed E-state index contributed by atoms with van der Waals surface area (Å²) in [5.41, 5.74) is 1.23. The molecule has 3 heteroatoms. The van der Waals surface area contributed by atoms with Gasteiger partial charge in [0.05, 0.1) is 0 Å². The molecule has 0 amide bonds. The third-order valence-corrected chi connectivity index (χ3v) is 3.19. The molecule has 0 aromatic heterocycles. The molecule has 100 valence electrons. The Morgan fingerprint density at radius 3 is 2.42 bits per heavy atom. The highest BCUT2D eigenvalue weighted by Crippen LogP contribution is 2.15. The molecule has 0 bridgehead atoms. The summed E-state index contributed by atoms with van der Waals surface area (Å²) in [4.78, 5) is 0. The number of benzene rings is 2. The SMILES string of the molecule is C[C@H](NCCOc1ccccc1)c1ccc(Cl)cc1. The largest absolute Gasteiger partial charge is 0.492 e. The van der Waals surface area contributed by atoms with Crippen LogP contribution in [0.4, 0.5) is 0 Å². The number of nitrogens with one attached hydrogen (secondary N) is 1. The van der Waals surface area contributed by atoms with Crippen LogP contribution in [0.25, 0.3) is 0 Å². The molecule has 0 saturated heterocycles. The summed E-state index contributed by atoms with van der Waals surface area (Å²) in [7, 11) is 0. The molecule has 0 saturated carbocycles. The monoisotopic (exact) mass is 275 g/mol. The predicted octanol–water partition coefficient (Wildman–Crippen LogP) is 4.07. The van der Waals surface area contributed by atoms with Crippen molar-refractivity contribution < 1.29 is 4.74 Å². The van der Waals surface area contributed by atoms with E-state index in [1.54, 1.807) is 0 Å². The summed E-state index contributed by atoms with van der Waals surface area (Å²) in [5, 5.41) is 4.19. The summed E-state index contributed by atoms with van der Waals surface area (Å²) in [5.74, 6) is 0.906. The summed E-state index contributed by atoms with van der Waals surface area (Å²) in [6, 6.07) is 18.0. The van der Waals surface area contributed by atoms with Crippen molar-refractivity contribution in [3.8, 4) is 5.75 Å². The standard InChI is InChI=1S/C16H18ClNO/c1-13(14-7-9-15(17)10-8-14)18-11-12-19-16-5-3-2-4-6-16/h2-10,13,18H,11-12H2,1H3/t13-/m0/s1. The molecule has 2 nitrogen and oxygen atoms in total. The molecular weight excluding hydrogens is 258 g/mol. The third kappa shape index (κ3) is 4.58. The number of para-hydroxylation sites is 1. The van der Waals surface area contributed by atoms with E-state index in [4.69, 9.17) is 16.3 Å². The van der Waals surface area contributed by atoms with Crippen LogP contribution in [-0.2, 0) is 0 Å². The number of rotatable bonds is 6. The fourth-order valence-electron chi connectivity index (χ4n) is 1.83. The van der Waals surface area contributed by atoms with Gasteiger partial charge in [0.15, 0.2) is 0 Å². The number of halogens is 1. The van der Waals surface area contributed by atoms with Gasteiger partial charge in [-0.25, -0.2) is 0 Å². The Labute approximate surface area is 119 Å². The van der Waals surface area contributed by atoms with Crippen molar-refractivity contribution in [2.75, 3.05) is 13.2 Å². The molecule has 2 aromatic carbocycles. The smallest absolute Gasteiger partial charge is 0.119 e. The van der Waals surface area contributed by atoms with Crippen molar-refractivity contribution >= 4 is 11.6 Å². The molecule has 0 fully saturated rings. The lowest BCUT2D eigenvalue weighted by Crippen LogP contribution is -2.24. The average Bonchev–Trinajstić information content (AvgIpc) is 2.45. The van der Waals surface area contributed by atoms with Gasteiger partial charge < -0.3 is 10.1 Å². The predicted molar refractivity (Wildman–Crippen MR) is 79.8 cm³/mol. The molecule has 1 N–H and O–H groups in total. The molecule has 0 aliphatic carbocycles. The van der Waals surface area contributed by atoms with E-state index < -0.39 is 0 Å². The second-order valence-electron chi connectivity index (χ2n) is 4.39. The van der Waals surface area contributed by atoms with Gasteiger partial charge in [-0.3, -0.25) is 0 Å². The molecule has 2 rings (SSSR count). The summed E-state index contributed by atoms with van der Waals surface area (Å²) < 4.78 is 5.63. The molecule has 0 radical (unpaired) electrons. The highest BCUT2D eigenvalue weighted by Gasteiger charge is 2.03. The molecule has 0 spiro atoms. The quantitative estimate of drug-likeness (QED) is 0.803. The average molecular weight is 276 g/mol. The molecule has 0 aliphatic rings. The number of hydrogen-bond acceptors (Lipinski definition) is 2. The third-order valence-electron chi connectivity index (χ3n) is 2.93.